The van der Waals surface area contributed by atoms with Crippen molar-refractivity contribution < 1.29 is 4.39 Å². The van der Waals surface area contributed by atoms with Crippen molar-refractivity contribution in [3.05, 3.63) is 35.1 Å². The number of nitrogens with zero attached hydrogens (tertiary/aromatic N) is 1. The summed E-state index contributed by atoms with van der Waals surface area (Å²) in [5.41, 5.74) is 7.45. The van der Waals surface area contributed by atoms with Crippen molar-refractivity contribution in [3.63, 3.8) is 0 Å². The Bertz CT molecular complexity index is 438. The summed E-state index contributed by atoms with van der Waals surface area (Å²) in [7, 11) is 2.04. The maximum atomic E-state index is 13.2. The molecule has 0 aliphatic rings. The van der Waals surface area contributed by atoms with E-state index in [0.717, 1.165) is 12.1 Å². The quantitative estimate of drug-likeness (QED) is 0.851. The maximum absolute atomic E-state index is 13.2. The fourth-order valence-corrected chi connectivity index (χ4v) is 2.26. The SMILES string of the molecule is CN(Cc1ccc(F)cc1C(N)=S)CC(C)(C)C. The molecule has 0 unspecified atom stereocenters. The van der Waals surface area contributed by atoms with Gasteiger partial charge in [0.25, 0.3) is 0 Å². The highest BCUT2D eigenvalue weighted by atomic mass is 32.1. The van der Waals surface area contributed by atoms with E-state index in [1.165, 1.54) is 12.1 Å². The summed E-state index contributed by atoms with van der Waals surface area (Å²) in [6.07, 6.45) is 0. The highest BCUT2D eigenvalue weighted by Crippen LogP contribution is 2.18. The second kappa shape index (κ2) is 5.76. The lowest BCUT2D eigenvalue weighted by Gasteiger charge is -2.27. The van der Waals surface area contributed by atoms with Crippen LogP contribution in [0.3, 0.4) is 0 Å². The normalized spacial score (nSPS) is 11.9. The van der Waals surface area contributed by atoms with Gasteiger partial charge in [0, 0.05) is 18.7 Å². The summed E-state index contributed by atoms with van der Waals surface area (Å²) < 4.78 is 13.2. The first-order valence-corrected chi connectivity index (χ1v) is 6.36. The van der Waals surface area contributed by atoms with Gasteiger partial charge in [-0.2, -0.15) is 0 Å². The summed E-state index contributed by atoms with van der Waals surface area (Å²) in [6, 6.07) is 4.60. The van der Waals surface area contributed by atoms with Crippen LogP contribution in [0.4, 0.5) is 4.39 Å². The Hall–Kier alpha value is -1.00. The summed E-state index contributed by atoms with van der Waals surface area (Å²) in [5.74, 6) is -0.306. The molecule has 0 saturated heterocycles. The van der Waals surface area contributed by atoms with Gasteiger partial charge < -0.3 is 10.6 Å². The summed E-state index contributed by atoms with van der Waals surface area (Å²) in [5, 5.41) is 0. The Morgan fingerprint density at radius 3 is 2.50 bits per heavy atom. The number of hydrogen-bond acceptors (Lipinski definition) is 2. The van der Waals surface area contributed by atoms with Crippen molar-refractivity contribution in [1.29, 1.82) is 0 Å². The highest BCUT2D eigenvalue weighted by molar-refractivity contribution is 7.80. The van der Waals surface area contributed by atoms with Gasteiger partial charge in [-0.15, -0.1) is 0 Å². The van der Waals surface area contributed by atoms with Crippen LogP contribution in [0.1, 0.15) is 31.9 Å². The highest BCUT2D eigenvalue weighted by Gasteiger charge is 2.15. The van der Waals surface area contributed by atoms with Gasteiger partial charge >= 0.3 is 0 Å². The Kier molecular flexibility index (Phi) is 4.82. The van der Waals surface area contributed by atoms with E-state index >= 15 is 0 Å². The van der Waals surface area contributed by atoms with E-state index in [9.17, 15) is 4.39 Å². The lowest BCUT2D eigenvalue weighted by molar-refractivity contribution is 0.220. The molecule has 4 heteroatoms. The van der Waals surface area contributed by atoms with Crippen molar-refractivity contribution in [2.45, 2.75) is 27.3 Å². The predicted octanol–water partition coefficient (Wildman–Crippen LogP) is 2.94. The molecule has 0 aromatic heterocycles. The standard InChI is InChI=1S/C14H21FN2S/c1-14(2,3)9-17(4)8-10-5-6-11(15)7-12(10)13(16)18/h5-7H,8-9H2,1-4H3,(H2,16,18). The van der Waals surface area contributed by atoms with Crippen molar-refractivity contribution in [2.75, 3.05) is 13.6 Å². The van der Waals surface area contributed by atoms with Crippen LogP contribution < -0.4 is 5.73 Å². The third-order valence-electron chi connectivity index (χ3n) is 2.52. The molecule has 1 aromatic rings. The molecule has 0 heterocycles. The fraction of sp³-hybridized carbons (Fsp3) is 0.500. The van der Waals surface area contributed by atoms with Crippen molar-refractivity contribution in [1.82, 2.24) is 4.90 Å². The lowest BCUT2D eigenvalue weighted by atomic mass is 9.96. The van der Waals surface area contributed by atoms with E-state index in [0.29, 0.717) is 12.1 Å². The molecule has 0 saturated carbocycles. The van der Waals surface area contributed by atoms with Crippen molar-refractivity contribution in [3.8, 4) is 0 Å². The van der Waals surface area contributed by atoms with Gasteiger partial charge in [-0.25, -0.2) is 4.39 Å². The van der Waals surface area contributed by atoms with Crippen molar-refractivity contribution >= 4 is 17.2 Å². The molecule has 2 N–H and O–H groups in total. The molecule has 0 spiro atoms. The monoisotopic (exact) mass is 268 g/mol. The largest absolute Gasteiger partial charge is 0.389 e. The minimum atomic E-state index is -0.306. The average molecular weight is 268 g/mol. The number of benzene rings is 1. The van der Waals surface area contributed by atoms with E-state index in [4.69, 9.17) is 18.0 Å². The van der Waals surface area contributed by atoms with Crippen LogP contribution in [0.25, 0.3) is 0 Å². The molecule has 0 fully saturated rings. The average Bonchev–Trinajstić information content (AvgIpc) is 2.17. The molecule has 2 nitrogen and oxygen atoms in total. The van der Waals surface area contributed by atoms with Crippen LogP contribution in [0.5, 0.6) is 0 Å². The van der Waals surface area contributed by atoms with E-state index in [2.05, 4.69) is 25.7 Å². The van der Waals surface area contributed by atoms with Gasteiger partial charge in [0.2, 0.25) is 0 Å². The minimum Gasteiger partial charge on any atom is -0.389 e. The first-order valence-electron chi connectivity index (χ1n) is 5.96. The number of halogens is 1. The molecule has 0 amide bonds. The number of hydrogen-bond donors (Lipinski definition) is 1. The summed E-state index contributed by atoms with van der Waals surface area (Å²) in [4.78, 5) is 2.43. The third-order valence-corrected chi connectivity index (χ3v) is 2.74. The Morgan fingerprint density at radius 1 is 1.39 bits per heavy atom. The maximum Gasteiger partial charge on any atom is 0.123 e. The van der Waals surface area contributed by atoms with Gasteiger partial charge in [-0.05, 0) is 30.2 Å². The van der Waals surface area contributed by atoms with E-state index < -0.39 is 0 Å². The van der Waals surface area contributed by atoms with Crippen molar-refractivity contribution in [2.24, 2.45) is 11.1 Å². The van der Waals surface area contributed by atoms with Crippen LogP contribution >= 0.6 is 12.2 Å². The minimum absolute atomic E-state index is 0.220. The third kappa shape index (κ3) is 4.70. The molecule has 0 aliphatic carbocycles. The molecule has 100 valence electrons. The fourth-order valence-electron chi connectivity index (χ4n) is 2.07. The molecule has 0 atom stereocenters. The smallest absolute Gasteiger partial charge is 0.123 e. The molecule has 18 heavy (non-hydrogen) atoms. The first-order chi connectivity index (χ1) is 8.19. The Labute approximate surface area is 114 Å². The van der Waals surface area contributed by atoms with Gasteiger partial charge in [-0.1, -0.05) is 39.1 Å². The first kappa shape index (κ1) is 15.1. The van der Waals surface area contributed by atoms with E-state index in [-0.39, 0.29) is 16.2 Å². The molecule has 1 aromatic carbocycles. The number of thiocarbonyl (C=S) groups is 1. The zero-order valence-corrected chi connectivity index (χ0v) is 12.3. The van der Waals surface area contributed by atoms with Gasteiger partial charge in [0.05, 0.1) is 0 Å². The van der Waals surface area contributed by atoms with E-state index in [1.807, 2.05) is 7.05 Å². The second-order valence-corrected chi connectivity index (χ2v) is 6.34. The van der Waals surface area contributed by atoms with Gasteiger partial charge in [-0.3, -0.25) is 0 Å². The summed E-state index contributed by atoms with van der Waals surface area (Å²) in [6.45, 7) is 8.21. The molecule has 1 rings (SSSR count). The summed E-state index contributed by atoms with van der Waals surface area (Å²) >= 11 is 4.96. The van der Waals surface area contributed by atoms with E-state index in [1.54, 1.807) is 6.07 Å². The van der Waals surface area contributed by atoms with Crippen LogP contribution in [-0.4, -0.2) is 23.5 Å². The van der Waals surface area contributed by atoms with Crippen LogP contribution in [0.15, 0.2) is 18.2 Å². The molecule has 0 aliphatic heterocycles. The molecule has 0 radical (unpaired) electrons. The van der Waals surface area contributed by atoms with Crippen LogP contribution in [0.2, 0.25) is 0 Å². The molecular formula is C14H21FN2S. The predicted molar refractivity (Wildman–Crippen MR) is 78.1 cm³/mol. The number of nitrogens with two attached hydrogens (primary N) is 1. The van der Waals surface area contributed by atoms with Crippen LogP contribution in [-0.2, 0) is 6.54 Å². The molecular weight excluding hydrogens is 247 g/mol. The number of rotatable bonds is 4. The van der Waals surface area contributed by atoms with Gasteiger partial charge in [0.15, 0.2) is 0 Å². The topological polar surface area (TPSA) is 29.3 Å². The second-order valence-electron chi connectivity index (χ2n) is 5.90. The lowest BCUT2D eigenvalue weighted by Crippen LogP contribution is -2.29. The zero-order chi connectivity index (χ0) is 13.9. The Morgan fingerprint density at radius 2 is 2.00 bits per heavy atom. The zero-order valence-electron chi connectivity index (χ0n) is 11.5. The van der Waals surface area contributed by atoms with Gasteiger partial charge in [0.1, 0.15) is 10.8 Å². The van der Waals surface area contributed by atoms with Crippen LogP contribution in [0, 0.1) is 11.2 Å². The molecule has 0 bridgehead atoms. The Balaban J connectivity index is 2.87.